The summed E-state index contributed by atoms with van der Waals surface area (Å²) in [6.45, 7) is 10.3. The van der Waals surface area contributed by atoms with Crippen LogP contribution in [0.4, 0.5) is 0 Å². The normalized spacial score (nSPS) is 18.4. The van der Waals surface area contributed by atoms with Crippen LogP contribution in [0, 0.1) is 6.92 Å². The van der Waals surface area contributed by atoms with Gasteiger partial charge in [-0.2, -0.15) is 15.3 Å². The lowest BCUT2D eigenvalue weighted by atomic mass is 9.93. The van der Waals surface area contributed by atoms with Crippen LogP contribution in [0.15, 0.2) is 29.1 Å². The molecule has 0 bridgehead atoms. The van der Waals surface area contributed by atoms with E-state index in [1.807, 2.05) is 12.1 Å². The molecule has 170 valence electrons. The Morgan fingerprint density at radius 2 is 1.97 bits per heavy atom. The van der Waals surface area contributed by atoms with Crippen LogP contribution in [0.25, 0.3) is 6.08 Å². The topological polar surface area (TPSA) is 86.3 Å². The Kier molecular flexibility index (Phi) is 7.15. The summed E-state index contributed by atoms with van der Waals surface area (Å²) in [7, 11) is 0. The molecule has 4 heterocycles. The summed E-state index contributed by atoms with van der Waals surface area (Å²) in [6, 6.07) is 1.82. The van der Waals surface area contributed by atoms with Gasteiger partial charge in [0, 0.05) is 17.0 Å². The highest BCUT2D eigenvalue weighted by Gasteiger charge is 2.26. The van der Waals surface area contributed by atoms with Gasteiger partial charge in [0.2, 0.25) is 0 Å². The molecule has 2 N–H and O–H groups in total. The number of aromatic nitrogens is 3. The molecule has 1 amide bonds. The molecule has 0 saturated carbocycles. The van der Waals surface area contributed by atoms with E-state index in [2.05, 4.69) is 51.4 Å². The molecule has 1 fully saturated rings. The van der Waals surface area contributed by atoms with Crippen molar-refractivity contribution in [3.05, 3.63) is 52.1 Å². The zero-order chi connectivity index (χ0) is 22.5. The van der Waals surface area contributed by atoms with Crippen molar-refractivity contribution in [1.29, 1.82) is 0 Å². The number of carbonyl (C=O) groups is 1. The van der Waals surface area contributed by atoms with Crippen LogP contribution in [0.5, 0.6) is 0 Å². The molecule has 0 spiro atoms. The van der Waals surface area contributed by atoms with E-state index in [9.17, 15) is 4.79 Å². The second-order valence-electron chi connectivity index (χ2n) is 9.16. The zero-order valence-corrected chi connectivity index (χ0v) is 19.4. The van der Waals surface area contributed by atoms with Crippen LogP contribution in [0.2, 0.25) is 0 Å². The smallest absolute Gasteiger partial charge is 0.273 e. The Labute approximate surface area is 190 Å². The van der Waals surface area contributed by atoms with Crippen molar-refractivity contribution < 1.29 is 4.79 Å². The summed E-state index contributed by atoms with van der Waals surface area (Å²) in [5.74, 6) is 0.165. The number of hydrazone groups is 1. The summed E-state index contributed by atoms with van der Waals surface area (Å²) in [6.07, 6.45) is 12.7. The lowest BCUT2D eigenvalue weighted by Gasteiger charge is -2.26. The fourth-order valence-electron chi connectivity index (χ4n) is 4.89. The van der Waals surface area contributed by atoms with Gasteiger partial charge < -0.3 is 9.88 Å². The molecule has 1 saturated heterocycles. The van der Waals surface area contributed by atoms with Crippen molar-refractivity contribution in [2.75, 3.05) is 19.6 Å². The first-order chi connectivity index (χ1) is 15.5. The Morgan fingerprint density at radius 1 is 1.16 bits per heavy atom. The van der Waals surface area contributed by atoms with E-state index in [1.165, 1.54) is 68.6 Å². The third kappa shape index (κ3) is 4.99. The number of hydrogen-bond acceptors (Lipinski definition) is 5. The Hall–Kier alpha value is -2.80. The molecular formula is C25H34N6O. The molecule has 2 aromatic rings. The number of aromatic amines is 1. The molecule has 4 rings (SSSR count). The molecule has 0 unspecified atom stereocenters. The van der Waals surface area contributed by atoms with Gasteiger partial charge in [0.15, 0.2) is 0 Å². The molecule has 0 aromatic carbocycles. The van der Waals surface area contributed by atoms with E-state index in [0.717, 1.165) is 17.7 Å². The van der Waals surface area contributed by atoms with Crippen molar-refractivity contribution in [2.45, 2.75) is 65.2 Å². The number of piperidine rings is 1. The zero-order valence-electron chi connectivity index (χ0n) is 19.4. The molecule has 0 radical (unpaired) electrons. The fourth-order valence-corrected chi connectivity index (χ4v) is 4.89. The molecule has 7 nitrogen and oxygen atoms in total. The summed E-state index contributed by atoms with van der Waals surface area (Å²) >= 11 is 0. The SMILES string of the molecule is Cc1[nH]c(C=C2C(=O)NN=C2c2ccnnc2)c(C(C)C)c1CCCCN1CCCCC1. The minimum atomic E-state index is -0.193. The largest absolute Gasteiger partial charge is 0.359 e. The number of amides is 1. The Balaban J connectivity index is 1.53. The highest BCUT2D eigenvalue weighted by molar-refractivity contribution is 6.33. The summed E-state index contributed by atoms with van der Waals surface area (Å²) in [4.78, 5) is 18.7. The molecular weight excluding hydrogens is 400 g/mol. The number of unbranched alkanes of at least 4 members (excludes halogenated alkanes) is 1. The van der Waals surface area contributed by atoms with Gasteiger partial charge in [-0.05, 0) is 87.8 Å². The average Bonchev–Trinajstić information content (AvgIpc) is 3.32. The van der Waals surface area contributed by atoms with Gasteiger partial charge in [-0.15, -0.1) is 0 Å². The van der Waals surface area contributed by atoms with Crippen molar-refractivity contribution in [1.82, 2.24) is 25.5 Å². The number of rotatable bonds is 8. The molecule has 32 heavy (non-hydrogen) atoms. The number of nitrogens with one attached hydrogen (secondary N) is 2. The molecule has 2 aliphatic heterocycles. The van der Waals surface area contributed by atoms with E-state index in [4.69, 9.17) is 0 Å². The van der Waals surface area contributed by atoms with Crippen LogP contribution in [0.1, 0.15) is 79.9 Å². The number of nitrogens with zero attached hydrogens (tertiary/aromatic N) is 4. The minimum Gasteiger partial charge on any atom is -0.359 e. The van der Waals surface area contributed by atoms with Crippen LogP contribution in [-0.2, 0) is 11.2 Å². The third-order valence-corrected chi connectivity index (χ3v) is 6.48. The minimum absolute atomic E-state index is 0.193. The van der Waals surface area contributed by atoms with Gasteiger partial charge in [-0.3, -0.25) is 4.79 Å². The van der Waals surface area contributed by atoms with E-state index in [-0.39, 0.29) is 5.91 Å². The first-order valence-electron chi connectivity index (χ1n) is 11.9. The Bertz CT molecular complexity index is 999. The predicted molar refractivity (Wildman–Crippen MR) is 128 cm³/mol. The number of hydrogen-bond donors (Lipinski definition) is 2. The highest BCUT2D eigenvalue weighted by atomic mass is 16.2. The first-order valence-corrected chi connectivity index (χ1v) is 11.9. The third-order valence-electron chi connectivity index (χ3n) is 6.48. The van der Waals surface area contributed by atoms with Gasteiger partial charge in [0.25, 0.3) is 5.91 Å². The van der Waals surface area contributed by atoms with Crippen LogP contribution in [-0.4, -0.2) is 51.3 Å². The van der Waals surface area contributed by atoms with E-state index in [0.29, 0.717) is 17.2 Å². The van der Waals surface area contributed by atoms with E-state index < -0.39 is 0 Å². The molecule has 7 heteroatoms. The maximum atomic E-state index is 12.5. The monoisotopic (exact) mass is 434 g/mol. The lowest BCUT2D eigenvalue weighted by molar-refractivity contribution is -0.116. The van der Waals surface area contributed by atoms with E-state index in [1.54, 1.807) is 12.4 Å². The number of likely N-dealkylation sites (tertiary alicyclic amines) is 1. The standard InChI is InChI=1S/C25H34N6O/c1-17(2)23-20(9-5-8-14-31-12-6-4-7-13-31)18(3)28-22(23)15-21-24(29-30-25(21)32)19-10-11-26-27-16-19/h10-11,15-17,28H,4-9,12-14H2,1-3H3,(H,30,32). The van der Waals surface area contributed by atoms with Gasteiger partial charge in [0.05, 0.1) is 18.0 Å². The molecule has 2 aliphatic rings. The number of carbonyl (C=O) groups excluding carboxylic acids is 1. The van der Waals surface area contributed by atoms with Gasteiger partial charge in [-0.1, -0.05) is 20.3 Å². The van der Waals surface area contributed by atoms with Gasteiger partial charge in [0.1, 0.15) is 5.71 Å². The summed E-state index contributed by atoms with van der Waals surface area (Å²) < 4.78 is 0. The number of H-pyrrole nitrogens is 1. The van der Waals surface area contributed by atoms with Gasteiger partial charge in [-0.25, -0.2) is 5.43 Å². The van der Waals surface area contributed by atoms with Gasteiger partial charge >= 0.3 is 0 Å². The second-order valence-corrected chi connectivity index (χ2v) is 9.16. The molecule has 0 aliphatic carbocycles. The first kappa shape index (κ1) is 22.4. The van der Waals surface area contributed by atoms with Crippen molar-refractivity contribution in [3.63, 3.8) is 0 Å². The Morgan fingerprint density at radius 3 is 2.69 bits per heavy atom. The molecule has 2 aromatic heterocycles. The second kappa shape index (κ2) is 10.2. The maximum Gasteiger partial charge on any atom is 0.273 e. The predicted octanol–water partition coefficient (Wildman–Crippen LogP) is 3.96. The number of aryl methyl sites for hydroxylation is 1. The van der Waals surface area contributed by atoms with E-state index >= 15 is 0 Å². The van der Waals surface area contributed by atoms with Crippen LogP contribution < -0.4 is 5.43 Å². The average molecular weight is 435 g/mol. The summed E-state index contributed by atoms with van der Waals surface area (Å²) in [5, 5.41) is 12.0. The van der Waals surface area contributed by atoms with Crippen LogP contribution in [0.3, 0.4) is 0 Å². The maximum absolute atomic E-state index is 12.5. The highest BCUT2D eigenvalue weighted by Crippen LogP contribution is 2.30. The van der Waals surface area contributed by atoms with Crippen molar-refractivity contribution >= 4 is 17.7 Å². The lowest BCUT2D eigenvalue weighted by Crippen LogP contribution is -2.30. The fraction of sp³-hybridized carbons (Fsp3) is 0.520. The van der Waals surface area contributed by atoms with Crippen molar-refractivity contribution in [3.8, 4) is 0 Å². The van der Waals surface area contributed by atoms with Crippen LogP contribution >= 0.6 is 0 Å². The van der Waals surface area contributed by atoms with Crippen molar-refractivity contribution in [2.24, 2.45) is 5.10 Å². The molecule has 0 atom stereocenters. The summed E-state index contributed by atoms with van der Waals surface area (Å²) in [5.41, 5.74) is 9.43. The quantitative estimate of drug-likeness (QED) is 0.486.